The summed E-state index contributed by atoms with van der Waals surface area (Å²) in [6, 6.07) is 16.3. The molecule has 4 rings (SSSR count). The van der Waals surface area contributed by atoms with Crippen molar-refractivity contribution >= 4 is 46.3 Å². The first-order chi connectivity index (χ1) is 15.4. The molecular weight excluding hydrogens is 486 g/mol. The van der Waals surface area contributed by atoms with E-state index in [1.807, 2.05) is 0 Å². The third kappa shape index (κ3) is 4.63. The van der Waals surface area contributed by atoms with Crippen molar-refractivity contribution in [1.82, 2.24) is 10.2 Å². The number of aromatic nitrogens is 2. The van der Waals surface area contributed by atoms with E-state index < -0.39 is 29.7 Å². The molecule has 9 nitrogen and oxygen atoms in total. The van der Waals surface area contributed by atoms with E-state index in [1.165, 1.54) is 42.5 Å². The van der Waals surface area contributed by atoms with Crippen LogP contribution in [0.4, 0.5) is 5.69 Å². The average Bonchev–Trinajstić information content (AvgIpc) is 3.15. The van der Waals surface area contributed by atoms with E-state index in [0.29, 0.717) is 22.2 Å². The van der Waals surface area contributed by atoms with Crippen LogP contribution < -0.4 is 4.72 Å². The first-order valence-electron chi connectivity index (χ1n) is 9.47. The van der Waals surface area contributed by atoms with Gasteiger partial charge in [0, 0.05) is 29.1 Å². The lowest BCUT2D eigenvalue weighted by molar-refractivity contribution is 0.588. The molecule has 2 N–H and O–H groups in total. The van der Waals surface area contributed by atoms with Crippen molar-refractivity contribution in [2.75, 3.05) is 17.2 Å². The highest BCUT2D eigenvalue weighted by Gasteiger charge is 2.24. The number of hydrogen-bond acceptors (Lipinski definition) is 7. The minimum atomic E-state index is -4.20. The summed E-state index contributed by atoms with van der Waals surface area (Å²) < 4.78 is 75.8. The zero-order valence-corrected chi connectivity index (χ0v) is 19.9. The third-order valence-corrected chi connectivity index (χ3v) is 8.76. The Morgan fingerprint density at radius 3 is 2.00 bits per heavy atom. The number of sulfone groups is 2. The van der Waals surface area contributed by atoms with Crippen molar-refractivity contribution in [3.05, 3.63) is 66.7 Å². The summed E-state index contributed by atoms with van der Waals surface area (Å²) in [5, 5.41) is 7.72. The molecule has 3 aromatic carbocycles. The first kappa shape index (κ1) is 23.0. The summed E-state index contributed by atoms with van der Waals surface area (Å²) in [5.74, 6) is 0. The minimum absolute atomic E-state index is 0.170. The standard InChI is InChI=1S/C21H19N3O6S3/c1-31(25,26)16-10-7-14(8-11-16)21-17-13-15(9-12-18(17)22-23-21)24-33(29,30)20-6-4-3-5-19(20)32(2,27)28/h3-13,24H,1-2H3,(H,22,23). The normalized spacial score (nSPS) is 12.7. The fourth-order valence-corrected chi connectivity index (χ4v) is 6.66. The first-order valence-corrected chi connectivity index (χ1v) is 14.7. The van der Waals surface area contributed by atoms with E-state index in [-0.39, 0.29) is 20.4 Å². The Balaban J connectivity index is 1.74. The van der Waals surface area contributed by atoms with Gasteiger partial charge in [0.1, 0.15) is 4.90 Å². The van der Waals surface area contributed by atoms with E-state index in [1.54, 1.807) is 24.3 Å². The van der Waals surface area contributed by atoms with E-state index in [9.17, 15) is 25.3 Å². The predicted octanol–water partition coefficient (Wildman–Crippen LogP) is 2.84. The largest absolute Gasteiger partial charge is 0.280 e. The molecule has 0 unspecified atom stereocenters. The molecule has 0 atom stereocenters. The second-order valence-electron chi connectivity index (χ2n) is 7.45. The number of sulfonamides is 1. The second kappa shape index (κ2) is 7.97. The number of aromatic amines is 1. The summed E-state index contributed by atoms with van der Waals surface area (Å²) in [4.78, 5) is -0.478. The van der Waals surface area contributed by atoms with Crippen molar-refractivity contribution in [3.8, 4) is 11.3 Å². The molecule has 0 aliphatic carbocycles. The molecule has 12 heteroatoms. The summed E-state index contributed by atoms with van der Waals surface area (Å²) in [7, 11) is -11.3. The molecule has 33 heavy (non-hydrogen) atoms. The number of anilines is 1. The van der Waals surface area contributed by atoms with Crippen LogP contribution in [0.1, 0.15) is 0 Å². The lowest BCUT2D eigenvalue weighted by Gasteiger charge is -2.11. The van der Waals surface area contributed by atoms with Crippen LogP contribution >= 0.6 is 0 Å². The number of benzene rings is 3. The highest BCUT2D eigenvalue weighted by Crippen LogP contribution is 2.30. The van der Waals surface area contributed by atoms with Crippen LogP contribution in [0.25, 0.3) is 22.2 Å². The Labute approximate surface area is 191 Å². The number of nitrogens with one attached hydrogen (secondary N) is 2. The Hall–Kier alpha value is -3.22. The summed E-state index contributed by atoms with van der Waals surface area (Å²) in [6.07, 6.45) is 2.06. The Morgan fingerprint density at radius 1 is 0.758 bits per heavy atom. The van der Waals surface area contributed by atoms with Gasteiger partial charge in [-0.3, -0.25) is 9.82 Å². The smallest absolute Gasteiger partial charge is 0.263 e. The van der Waals surface area contributed by atoms with Crippen molar-refractivity contribution in [3.63, 3.8) is 0 Å². The van der Waals surface area contributed by atoms with Gasteiger partial charge in [-0.05, 0) is 42.5 Å². The molecule has 172 valence electrons. The third-order valence-electron chi connectivity index (χ3n) is 4.91. The Kier molecular flexibility index (Phi) is 5.55. The molecule has 0 amide bonds. The number of rotatable bonds is 6. The van der Waals surface area contributed by atoms with Gasteiger partial charge >= 0.3 is 0 Å². The van der Waals surface area contributed by atoms with Gasteiger partial charge in [0.2, 0.25) is 0 Å². The predicted molar refractivity (Wildman–Crippen MR) is 125 cm³/mol. The molecule has 1 heterocycles. The minimum Gasteiger partial charge on any atom is -0.280 e. The van der Waals surface area contributed by atoms with Gasteiger partial charge in [-0.25, -0.2) is 25.3 Å². The Bertz CT molecular complexity index is 1690. The fraction of sp³-hybridized carbons (Fsp3) is 0.0952. The number of H-pyrrole nitrogens is 1. The molecule has 0 saturated carbocycles. The molecule has 0 bridgehead atoms. The van der Waals surface area contributed by atoms with Gasteiger partial charge in [0.25, 0.3) is 10.0 Å². The highest BCUT2D eigenvalue weighted by molar-refractivity contribution is 7.95. The van der Waals surface area contributed by atoms with Gasteiger partial charge in [0.15, 0.2) is 19.7 Å². The quantitative estimate of drug-likeness (QED) is 0.410. The zero-order valence-electron chi connectivity index (χ0n) is 17.5. The van der Waals surface area contributed by atoms with Crippen LogP contribution in [0, 0.1) is 0 Å². The summed E-state index contributed by atoms with van der Waals surface area (Å²) in [6.45, 7) is 0. The van der Waals surface area contributed by atoms with Crippen molar-refractivity contribution in [1.29, 1.82) is 0 Å². The van der Waals surface area contributed by atoms with Gasteiger partial charge < -0.3 is 0 Å². The van der Waals surface area contributed by atoms with E-state index in [4.69, 9.17) is 0 Å². The van der Waals surface area contributed by atoms with Gasteiger partial charge in [0.05, 0.1) is 21.0 Å². The monoisotopic (exact) mass is 505 g/mol. The van der Waals surface area contributed by atoms with Crippen molar-refractivity contribution in [2.45, 2.75) is 14.7 Å². The SMILES string of the molecule is CS(=O)(=O)c1ccc(-c2n[nH]c3ccc(NS(=O)(=O)c4ccccc4S(C)(=O)=O)cc23)cc1. The summed E-state index contributed by atoms with van der Waals surface area (Å²) in [5.41, 5.74) is 1.98. The van der Waals surface area contributed by atoms with Crippen LogP contribution in [-0.4, -0.2) is 48.0 Å². The molecule has 0 radical (unpaired) electrons. The van der Waals surface area contributed by atoms with Crippen LogP contribution in [0.15, 0.2) is 81.4 Å². The molecule has 0 spiro atoms. The van der Waals surface area contributed by atoms with Crippen LogP contribution in [0.3, 0.4) is 0 Å². The van der Waals surface area contributed by atoms with Gasteiger partial charge in [-0.15, -0.1) is 0 Å². The molecule has 1 aromatic heterocycles. The van der Waals surface area contributed by atoms with E-state index in [2.05, 4.69) is 14.9 Å². The van der Waals surface area contributed by atoms with E-state index >= 15 is 0 Å². The molecule has 0 aliphatic heterocycles. The molecule has 0 saturated heterocycles. The average molecular weight is 506 g/mol. The number of nitrogens with zero attached hydrogens (tertiary/aromatic N) is 1. The molecular formula is C21H19N3O6S3. The fourth-order valence-electron chi connectivity index (χ4n) is 3.35. The second-order valence-corrected chi connectivity index (χ2v) is 13.1. The molecule has 0 aliphatic rings. The zero-order chi connectivity index (χ0) is 24.0. The number of fused-ring (bicyclic) bond motifs is 1. The summed E-state index contributed by atoms with van der Waals surface area (Å²) >= 11 is 0. The number of hydrogen-bond donors (Lipinski definition) is 2. The molecule has 4 aromatic rings. The molecule has 0 fully saturated rings. The van der Waals surface area contributed by atoms with Crippen molar-refractivity contribution < 1.29 is 25.3 Å². The maximum atomic E-state index is 13.0. The Morgan fingerprint density at radius 2 is 1.39 bits per heavy atom. The van der Waals surface area contributed by atoms with Crippen LogP contribution in [0.5, 0.6) is 0 Å². The highest BCUT2D eigenvalue weighted by atomic mass is 32.2. The van der Waals surface area contributed by atoms with Crippen LogP contribution in [-0.2, 0) is 29.7 Å². The lowest BCUT2D eigenvalue weighted by atomic mass is 10.1. The topological polar surface area (TPSA) is 143 Å². The van der Waals surface area contributed by atoms with Crippen LogP contribution in [0.2, 0.25) is 0 Å². The van der Waals surface area contributed by atoms with E-state index in [0.717, 1.165) is 12.5 Å². The van der Waals surface area contributed by atoms with Gasteiger partial charge in [-0.2, -0.15) is 5.10 Å². The van der Waals surface area contributed by atoms with Gasteiger partial charge in [-0.1, -0.05) is 24.3 Å². The maximum absolute atomic E-state index is 13.0. The van der Waals surface area contributed by atoms with Crippen molar-refractivity contribution in [2.24, 2.45) is 0 Å². The lowest BCUT2D eigenvalue weighted by Crippen LogP contribution is -2.16. The maximum Gasteiger partial charge on any atom is 0.263 e.